The molecule has 1 unspecified atom stereocenters. The first kappa shape index (κ1) is 14.1. The van der Waals surface area contributed by atoms with E-state index in [2.05, 4.69) is 39.8 Å². The Labute approximate surface area is 115 Å². The predicted octanol–water partition coefficient (Wildman–Crippen LogP) is 1.64. The van der Waals surface area contributed by atoms with E-state index in [-0.39, 0.29) is 6.04 Å². The Balaban J connectivity index is 2.14. The van der Waals surface area contributed by atoms with Crippen LogP contribution in [0.5, 0.6) is 0 Å². The van der Waals surface area contributed by atoms with Gasteiger partial charge in [0.25, 0.3) is 0 Å². The molecule has 2 rings (SSSR count). The van der Waals surface area contributed by atoms with E-state index in [1.807, 2.05) is 7.05 Å². The van der Waals surface area contributed by atoms with Crippen molar-refractivity contribution in [1.29, 1.82) is 0 Å². The van der Waals surface area contributed by atoms with Crippen molar-refractivity contribution in [3.63, 3.8) is 0 Å². The lowest BCUT2D eigenvalue weighted by Crippen LogP contribution is -2.36. The van der Waals surface area contributed by atoms with Crippen LogP contribution in [0.4, 0.5) is 11.6 Å². The summed E-state index contributed by atoms with van der Waals surface area (Å²) in [5, 5.41) is 0. The summed E-state index contributed by atoms with van der Waals surface area (Å²) in [6.45, 7) is 2.72. The molecule has 1 aliphatic rings. The van der Waals surface area contributed by atoms with Gasteiger partial charge in [-0.2, -0.15) is 0 Å². The molecule has 5 heteroatoms. The molecule has 1 aromatic heterocycles. The number of nitrogens with zero attached hydrogens (tertiary/aromatic N) is 4. The van der Waals surface area contributed by atoms with E-state index in [0.717, 1.165) is 11.6 Å². The van der Waals surface area contributed by atoms with Crippen LogP contribution in [0, 0.1) is 0 Å². The van der Waals surface area contributed by atoms with Crippen LogP contribution in [0.15, 0.2) is 12.4 Å². The number of rotatable bonds is 5. The van der Waals surface area contributed by atoms with E-state index < -0.39 is 0 Å². The maximum Gasteiger partial charge on any atom is 0.134 e. The van der Waals surface area contributed by atoms with Crippen LogP contribution in [0.1, 0.15) is 32.6 Å². The maximum absolute atomic E-state index is 5.71. The van der Waals surface area contributed by atoms with E-state index >= 15 is 0 Å². The van der Waals surface area contributed by atoms with Gasteiger partial charge in [0.15, 0.2) is 0 Å². The fraction of sp³-hybridized carbons (Fsp3) is 0.714. The molecular weight excluding hydrogens is 238 g/mol. The van der Waals surface area contributed by atoms with Crippen LogP contribution in [-0.2, 0) is 0 Å². The lowest BCUT2D eigenvalue weighted by Gasteiger charge is -2.28. The lowest BCUT2D eigenvalue weighted by molar-refractivity contribution is 0.643. The molecular formula is C14H25N5. The summed E-state index contributed by atoms with van der Waals surface area (Å²) in [5.74, 6) is 1.95. The van der Waals surface area contributed by atoms with Crippen LogP contribution in [-0.4, -0.2) is 42.7 Å². The molecule has 0 radical (unpaired) electrons. The van der Waals surface area contributed by atoms with Crippen LogP contribution in [0.3, 0.4) is 0 Å². The van der Waals surface area contributed by atoms with Gasteiger partial charge < -0.3 is 15.5 Å². The van der Waals surface area contributed by atoms with Gasteiger partial charge in [-0.25, -0.2) is 9.97 Å². The Morgan fingerprint density at radius 2 is 1.89 bits per heavy atom. The number of likely N-dealkylation sites (N-methyl/N-ethyl adjacent to an activating group) is 1. The summed E-state index contributed by atoms with van der Waals surface area (Å²) in [4.78, 5) is 13.2. The van der Waals surface area contributed by atoms with Crippen molar-refractivity contribution >= 4 is 11.6 Å². The van der Waals surface area contributed by atoms with E-state index in [0.29, 0.717) is 12.6 Å². The molecule has 0 amide bonds. The average Bonchev–Trinajstić information content (AvgIpc) is 2.99. The Hall–Kier alpha value is -1.36. The van der Waals surface area contributed by atoms with Gasteiger partial charge in [0.05, 0.1) is 0 Å². The highest BCUT2D eigenvalue weighted by Gasteiger charge is 2.21. The number of hydrogen-bond acceptors (Lipinski definition) is 5. The summed E-state index contributed by atoms with van der Waals surface area (Å²) in [7, 11) is 4.16. The Morgan fingerprint density at radius 3 is 2.53 bits per heavy atom. The second-order valence-corrected chi connectivity index (χ2v) is 5.48. The summed E-state index contributed by atoms with van der Waals surface area (Å²) >= 11 is 0. The van der Waals surface area contributed by atoms with E-state index in [1.54, 1.807) is 6.33 Å². The second-order valence-electron chi connectivity index (χ2n) is 5.48. The van der Waals surface area contributed by atoms with E-state index in [9.17, 15) is 0 Å². The molecule has 1 atom stereocenters. The molecule has 1 fully saturated rings. The first-order valence-electron chi connectivity index (χ1n) is 7.11. The largest absolute Gasteiger partial charge is 0.357 e. The van der Waals surface area contributed by atoms with Gasteiger partial charge in [-0.15, -0.1) is 0 Å². The first-order valence-corrected chi connectivity index (χ1v) is 7.11. The minimum atomic E-state index is 0.277. The Kier molecular flexibility index (Phi) is 4.58. The van der Waals surface area contributed by atoms with Gasteiger partial charge in [-0.1, -0.05) is 12.8 Å². The van der Waals surface area contributed by atoms with Crippen molar-refractivity contribution in [3.8, 4) is 0 Å². The lowest BCUT2D eigenvalue weighted by atomic mass is 10.2. The summed E-state index contributed by atoms with van der Waals surface area (Å²) < 4.78 is 0. The SMILES string of the molecule is CC(CN)N(C)c1cc(N(C)C2CCCC2)ncn1. The smallest absolute Gasteiger partial charge is 0.134 e. The zero-order valence-electron chi connectivity index (χ0n) is 12.2. The van der Waals surface area contributed by atoms with Gasteiger partial charge in [0.2, 0.25) is 0 Å². The van der Waals surface area contributed by atoms with E-state index in [1.165, 1.54) is 25.7 Å². The molecule has 2 N–H and O–H groups in total. The first-order chi connectivity index (χ1) is 9.13. The highest BCUT2D eigenvalue weighted by Crippen LogP contribution is 2.27. The van der Waals surface area contributed by atoms with Gasteiger partial charge >= 0.3 is 0 Å². The van der Waals surface area contributed by atoms with Crippen LogP contribution in [0.25, 0.3) is 0 Å². The fourth-order valence-corrected chi connectivity index (χ4v) is 2.59. The number of anilines is 2. The maximum atomic E-state index is 5.71. The van der Waals surface area contributed by atoms with Crippen LogP contribution < -0.4 is 15.5 Å². The third kappa shape index (κ3) is 3.15. The van der Waals surface area contributed by atoms with Crippen molar-refractivity contribution in [2.24, 2.45) is 5.73 Å². The molecule has 19 heavy (non-hydrogen) atoms. The van der Waals surface area contributed by atoms with Gasteiger partial charge in [-0.3, -0.25) is 0 Å². The number of aromatic nitrogens is 2. The minimum Gasteiger partial charge on any atom is -0.357 e. The molecule has 5 nitrogen and oxygen atoms in total. The molecule has 1 heterocycles. The number of hydrogen-bond donors (Lipinski definition) is 1. The van der Waals surface area contributed by atoms with Gasteiger partial charge in [-0.05, 0) is 19.8 Å². The van der Waals surface area contributed by atoms with E-state index in [4.69, 9.17) is 5.73 Å². The normalized spacial score (nSPS) is 17.5. The van der Waals surface area contributed by atoms with Crippen molar-refractivity contribution in [1.82, 2.24) is 9.97 Å². The van der Waals surface area contributed by atoms with Crippen LogP contribution >= 0.6 is 0 Å². The summed E-state index contributed by atoms with van der Waals surface area (Å²) in [5.41, 5.74) is 5.71. The molecule has 1 aromatic rings. The van der Waals surface area contributed by atoms with Gasteiger partial charge in [0, 0.05) is 38.8 Å². The van der Waals surface area contributed by atoms with Crippen molar-refractivity contribution in [2.75, 3.05) is 30.4 Å². The molecule has 0 aliphatic heterocycles. The molecule has 0 bridgehead atoms. The van der Waals surface area contributed by atoms with Crippen molar-refractivity contribution < 1.29 is 0 Å². The minimum absolute atomic E-state index is 0.277. The Morgan fingerprint density at radius 1 is 1.26 bits per heavy atom. The zero-order valence-corrected chi connectivity index (χ0v) is 12.2. The molecule has 1 saturated carbocycles. The average molecular weight is 263 g/mol. The highest BCUT2D eigenvalue weighted by molar-refractivity contribution is 5.50. The quantitative estimate of drug-likeness (QED) is 0.875. The second kappa shape index (κ2) is 6.19. The molecule has 1 aliphatic carbocycles. The topological polar surface area (TPSA) is 58.3 Å². The third-order valence-corrected chi connectivity index (χ3v) is 4.24. The van der Waals surface area contributed by atoms with Crippen LogP contribution in [0.2, 0.25) is 0 Å². The summed E-state index contributed by atoms with van der Waals surface area (Å²) in [6.07, 6.45) is 6.85. The third-order valence-electron chi connectivity index (χ3n) is 4.24. The Bertz CT molecular complexity index is 403. The van der Waals surface area contributed by atoms with Crippen molar-refractivity contribution in [3.05, 3.63) is 12.4 Å². The highest BCUT2D eigenvalue weighted by atomic mass is 15.2. The molecule has 0 aromatic carbocycles. The molecule has 0 saturated heterocycles. The molecule has 106 valence electrons. The monoisotopic (exact) mass is 263 g/mol. The molecule has 0 spiro atoms. The standard InChI is InChI=1S/C14H25N5/c1-11(9-15)18(2)13-8-14(17-10-16-13)19(3)12-6-4-5-7-12/h8,10-12H,4-7,9,15H2,1-3H3. The zero-order chi connectivity index (χ0) is 13.8. The predicted molar refractivity (Wildman–Crippen MR) is 79.6 cm³/mol. The number of nitrogens with two attached hydrogens (primary N) is 1. The summed E-state index contributed by atoms with van der Waals surface area (Å²) in [6, 6.07) is 2.96. The fourth-order valence-electron chi connectivity index (χ4n) is 2.59. The van der Waals surface area contributed by atoms with Crippen molar-refractivity contribution in [2.45, 2.75) is 44.7 Å². The van der Waals surface area contributed by atoms with Gasteiger partial charge in [0.1, 0.15) is 18.0 Å².